The normalized spacial score (nSPS) is 15.5. The Hall–Kier alpha value is -4.31. The molecular weight excluding hydrogens is 458 g/mol. The van der Waals surface area contributed by atoms with Crippen LogP contribution in [0, 0.1) is 11.6 Å². The molecule has 2 aliphatic heterocycles. The Morgan fingerprint density at radius 1 is 1.11 bits per heavy atom. The molecule has 178 valence electrons. The van der Waals surface area contributed by atoms with Crippen molar-refractivity contribution in [1.29, 1.82) is 0 Å². The van der Waals surface area contributed by atoms with Gasteiger partial charge in [0.2, 0.25) is 5.91 Å². The van der Waals surface area contributed by atoms with Gasteiger partial charge in [-0.3, -0.25) is 14.4 Å². The summed E-state index contributed by atoms with van der Waals surface area (Å²) in [5, 5.41) is 7.88. The number of anilines is 2. The second kappa shape index (κ2) is 8.80. The number of H-pyrrole nitrogens is 1. The predicted molar refractivity (Wildman–Crippen MR) is 126 cm³/mol. The highest BCUT2D eigenvalue weighted by Crippen LogP contribution is 2.39. The van der Waals surface area contributed by atoms with Crippen LogP contribution in [0.5, 0.6) is 0 Å². The molecule has 0 saturated carbocycles. The van der Waals surface area contributed by atoms with Crippen molar-refractivity contribution >= 4 is 40.7 Å². The number of amides is 3. The van der Waals surface area contributed by atoms with Crippen molar-refractivity contribution in [2.24, 2.45) is 0 Å². The van der Waals surface area contributed by atoms with Gasteiger partial charge in [0.1, 0.15) is 18.2 Å². The molecule has 4 N–H and O–H groups in total. The number of rotatable bonds is 5. The number of fused-ring (bicyclic) bond motifs is 2. The lowest BCUT2D eigenvalue weighted by Gasteiger charge is -2.14. The molecule has 1 aromatic heterocycles. The maximum Gasteiger partial charge on any atom is 0.256 e. The number of benzene rings is 2. The van der Waals surface area contributed by atoms with Crippen molar-refractivity contribution in [2.45, 2.75) is 6.42 Å². The fourth-order valence-corrected chi connectivity index (χ4v) is 4.34. The molecule has 3 amide bonds. The van der Waals surface area contributed by atoms with E-state index in [-0.39, 0.29) is 23.8 Å². The minimum Gasteiger partial charge on any atom is -0.375 e. The van der Waals surface area contributed by atoms with E-state index in [1.165, 1.54) is 25.3 Å². The zero-order valence-electron chi connectivity index (χ0n) is 18.6. The largest absolute Gasteiger partial charge is 0.375 e. The summed E-state index contributed by atoms with van der Waals surface area (Å²) in [6.45, 7) is 0.211. The number of ether oxygens (including phenoxy) is 1. The molecule has 35 heavy (non-hydrogen) atoms. The van der Waals surface area contributed by atoms with E-state index in [9.17, 15) is 23.2 Å². The van der Waals surface area contributed by atoms with Crippen LogP contribution in [0.2, 0.25) is 0 Å². The molecule has 2 aliphatic rings. The lowest BCUT2D eigenvalue weighted by Crippen LogP contribution is -2.31. The monoisotopic (exact) mass is 478 g/mol. The zero-order valence-corrected chi connectivity index (χ0v) is 18.6. The van der Waals surface area contributed by atoms with Crippen LogP contribution in [0.4, 0.5) is 20.2 Å². The summed E-state index contributed by atoms with van der Waals surface area (Å²) in [6.07, 6.45) is 2.11. The van der Waals surface area contributed by atoms with Crippen molar-refractivity contribution in [2.75, 3.05) is 30.9 Å². The number of aromatic nitrogens is 1. The van der Waals surface area contributed by atoms with Crippen LogP contribution < -0.4 is 16.0 Å². The molecule has 3 aromatic rings. The molecule has 0 saturated heterocycles. The molecule has 0 unspecified atom stereocenters. The molecule has 2 aromatic carbocycles. The lowest BCUT2D eigenvalue weighted by atomic mass is 9.95. The summed E-state index contributed by atoms with van der Waals surface area (Å²) in [5.41, 5.74) is 3.42. The number of carbonyl (C=O) groups is 3. The third-order valence-electron chi connectivity index (χ3n) is 5.86. The average molecular weight is 478 g/mol. The summed E-state index contributed by atoms with van der Waals surface area (Å²) in [4.78, 5) is 40.5. The van der Waals surface area contributed by atoms with E-state index in [1.54, 1.807) is 18.2 Å². The number of hydrogen-bond donors (Lipinski definition) is 4. The molecule has 0 atom stereocenters. The minimum absolute atomic E-state index is 0.0913. The molecule has 8 nitrogen and oxygen atoms in total. The first-order valence-electron chi connectivity index (χ1n) is 10.8. The van der Waals surface area contributed by atoms with Gasteiger partial charge in [-0.15, -0.1) is 0 Å². The van der Waals surface area contributed by atoms with E-state index >= 15 is 0 Å². The van der Waals surface area contributed by atoms with E-state index in [4.69, 9.17) is 4.74 Å². The van der Waals surface area contributed by atoms with E-state index < -0.39 is 23.4 Å². The van der Waals surface area contributed by atoms with Crippen molar-refractivity contribution in [3.8, 4) is 11.1 Å². The second-order valence-corrected chi connectivity index (χ2v) is 8.15. The number of methoxy groups -OCH3 is 1. The summed E-state index contributed by atoms with van der Waals surface area (Å²) in [7, 11) is 1.35. The maximum atomic E-state index is 14.8. The van der Waals surface area contributed by atoms with Gasteiger partial charge in [-0.05, 0) is 35.9 Å². The fraction of sp³-hybridized carbons (Fsp3) is 0.160. The smallest absolute Gasteiger partial charge is 0.256 e. The highest BCUT2D eigenvalue weighted by atomic mass is 19.1. The average Bonchev–Trinajstić information content (AvgIpc) is 3.33. The third-order valence-corrected chi connectivity index (χ3v) is 5.86. The van der Waals surface area contributed by atoms with Crippen LogP contribution in [0.3, 0.4) is 0 Å². The van der Waals surface area contributed by atoms with Crippen LogP contribution in [0.15, 0.2) is 36.4 Å². The number of hydrogen-bond acceptors (Lipinski definition) is 4. The number of carbonyl (C=O) groups excluding carboxylic acids is 3. The minimum atomic E-state index is -0.723. The van der Waals surface area contributed by atoms with E-state index in [0.717, 1.165) is 6.07 Å². The number of halogens is 2. The van der Waals surface area contributed by atoms with E-state index in [0.29, 0.717) is 52.3 Å². The molecule has 0 fully saturated rings. The first-order valence-corrected chi connectivity index (χ1v) is 10.8. The molecule has 0 spiro atoms. The Morgan fingerprint density at radius 3 is 2.63 bits per heavy atom. The summed E-state index contributed by atoms with van der Waals surface area (Å²) >= 11 is 0. The highest BCUT2D eigenvalue weighted by molar-refractivity contribution is 6.35. The Morgan fingerprint density at radius 2 is 1.89 bits per heavy atom. The molecule has 0 radical (unpaired) electrons. The van der Waals surface area contributed by atoms with Gasteiger partial charge in [0, 0.05) is 42.6 Å². The van der Waals surface area contributed by atoms with E-state index in [2.05, 4.69) is 20.9 Å². The molecule has 0 aliphatic carbocycles. The topological polar surface area (TPSA) is 112 Å². The third kappa shape index (κ3) is 4.08. The van der Waals surface area contributed by atoms with Gasteiger partial charge in [-0.25, -0.2) is 8.78 Å². The maximum absolute atomic E-state index is 14.8. The van der Waals surface area contributed by atoms with Gasteiger partial charge in [-0.1, -0.05) is 12.1 Å². The predicted octanol–water partition coefficient (Wildman–Crippen LogP) is 3.32. The Bertz CT molecular complexity index is 1410. The van der Waals surface area contributed by atoms with Gasteiger partial charge in [-0.2, -0.15) is 0 Å². The van der Waals surface area contributed by atoms with Crippen molar-refractivity contribution < 1.29 is 27.9 Å². The van der Waals surface area contributed by atoms with Gasteiger partial charge >= 0.3 is 0 Å². The number of aromatic amines is 1. The van der Waals surface area contributed by atoms with Crippen molar-refractivity contribution in [3.63, 3.8) is 0 Å². The van der Waals surface area contributed by atoms with Crippen molar-refractivity contribution in [3.05, 3.63) is 70.5 Å². The van der Waals surface area contributed by atoms with E-state index in [1.807, 2.05) is 0 Å². The van der Waals surface area contributed by atoms with Crippen LogP contribution >= 0.6 is 0 Å². The molecule has 0 bridgehead atoms. The van der Waals surface area contributed by atoms with Crippen LogP contribution in [-0.4, -0.2) is 43.0 Å². The second-order valence-electron chi connectivity index (χ2n) is 8.15. The molecular formula is C25H20F2N4O4. The summed E-state index contributed by atoms with van der Waals surface area (Å²) in [5.74, 6) is -2.42. The number of nitrogens with one attached hydrogen (secondary N) is 4. The van der Waals surface area contributed by atoms with Crippen molar-refractivity contribution in [1.82, 2.24) is 10.3 Å². The van der Waals surface area contributed by atoms with Crippen LogP contribution in [-0.2, 0) is 20.7 Å². The Labute approximate surface area is 198 Å². The molecule has 5 rings (SSSR count). The zero-order chi connectivity index (χ0) is 24.7. The van der Waals surface area contributed by atoms with Gasteiger partial charge in [0.15, 0.2) is 0 Å². The van der Waals surface area contributed by atoms with Gasteiger partial charge in [0.05, 0.1) is 22.5 Å². The summed E-state index contributed by atoms with van der Waals surface area (Å²) in [6, 6.07) is 8.19. The first-order chi connectivity index (χ1) is 16.9. The van der Waals surface area contributed by atoms with Crippen LogP contribution in [0.25, 0.3) is 22.8 Å². The quantitative estimate of drug-likeness (QED) is 0.422. The fourth-order valence-electron chi connectivity index (χ4n) is 4.34. The SMILES string of the molecule is COCC(=O)Nc1cc2c(cc1F)/C(=C/c1[nH]c3c(c1-c1ccc(F)cc1)C(=O)NCC3)C(=O)N2. The Kier molecular flexibility index (Phi) is 5.65. The highest BCUT2D eigenvalue weighted by Gasteiger charge is 2.30. The standard InChI is InChI=1S/C25H20F2N4O4/c1-35-11-21(32)30-19-10-18-14(8-16(19)27)15(24(33)31-18)9-20-22(12-2-4-13(26)5-3-12)23-17(29-20)6-7-28-25(23)34/h2-5,8-10,29H,6-7,11H2,1H3,(H,28,34)(H,30,32)(H,31,33)/b15-9-. The van der Waals surface area contributed by atoms with Gasteiger partial charge < -0.3 is 25.7 Å². The molecule has 10 heteroatoms. The lowest BCUT2D eigenvalue weighted by molar-refractivity contribution is -0.119. The first kappa shape index (κ1) is 22.5. The molecule has 3 heterocycles. The summed E-state index contributed by atoms with van der Waals surface area (Å²) < 4.78 is 33.1. The van der Waals surface area contributed by atoms with Gasteiger partial charge in [0.25, 0.3) is 11.8 Å². The Balaban J connectivity index is 1.61. The van der Waals surface area contributed by atoms with Crippen LogP contribution in [0.1, 0.15) is 27.3 Å².